The maximum atomic E-state index is 12.5. The number of anilines is 1. The summed E-state index contributed by atoms with van der Waals surface area (Å²) < 4.78 is 6.62. The average Bonchev–Trinajstić information content (AvgIpc) is 3.40. The van der Waals surface area contributed by atoms with Gasteiger partial charge in [-0.3, -0.25) is 5.32 Å². The summed E-state index contributed by atoms with van der Waals surface area (Å²) in [7, 11) is 0. The highest BCUT2D eigenvalue weighted by Gasteiger charge is 2.28. The average molecular weight is 380 g/mol. The fourth-order valence-corrected chi connectivity index (χ4v) is 4.10. The third-order valence-corrected chi connectivity index (χ3v) is 5.35. The van der Waals surface area contributed by atoms with Gasteiger partial charge in [0.2, 0.25) is 6.10 Å². The van der Waals surface area contributed by atoms with Crippen molar-refractivity contribution in [2.24, 2.45) is 0 Å². The van der Waals surface area contributed by atoms with Crippen LogP contribution in [0.3, 0.4) is 0 Å². The molecule has 0 unspecified atom stereocenters. The molecule has 0 saturated heterocycles. The van der Waals surface area contributed by atoms with Crippen molar-refractivity contribution in [2.45, 2.75) is 51.2 Å². The predicted molar refractivity (Wildman–Crippen MR) is 99.0 cm³/mol. The lowest BCUT2D eigenvalue weighted by molar-refractivity contribution is -0.147. The molecule has 1 amide bonds. The Balaban J connectivity index is 1.50. The number of nitriles is 1. The van der Waals surface area contributed by atoms with Gasteiger partial charge in [0.1, 0.15) is 6.07 Å². The molecule has 0 saturated carbocycles. The summed E-state index contributed by atoms with van der Waals surface area (Å²) in [5.41, 5.74) is 5.83. The van der Waals surface area contributed by atoms with E-state index in [0.29, 0.717) is 0 Å². The number of carboxylic acid groups (broad SMARTS) is 1. The molecule has 28 heavy (non-hydrogen) atoms. The minimum Gasteiger partial charge on any atom is -0.478 e. The lowest BCUT2D eigenvalue weighted by Crippen LogP contribution is -2.33. The Kier molecular flexibility index (Phi) is 4.74. The van der Waals surface area contributed by atoms with E-state index in [4.69, 9.17) is 10.00 Å². The van der Waals surface area contributed by atoms with E-state index < -0.39 is 18.2 Å². The van der Waals surface area contributed by atoms with Crippen LogP contribution in [0.1, 0.15) is 40.8 Å². The summed E-state index contributed by atoms with van der Waals surface area (Å²) in [6.45, 7) is -0.123. The van der Waals surface area contributed by atoms with E-state index in [1.807, 2.05) is 6.07 Å². The molecule has 4 rings (SSSR count). The molecule has 2 aliphatic carbocycles. The number of carbonyl (C=O) groups excluding carboxylic acids is 1. The number of carbonyl (C=O) groups is 2. The van der Waals surface area contributed by atoms with Crippen LogP contribution < -0.4 is 5.32 Å². The van der Waals surface area contributed by atoms with Crippen LogP contribution in [0.2, 0.25) is 0 Å². The van der Waals surface area contributed by atoms with E-state index >= 15 is 0 Å². The molecule has 1 aromatic carbocycles. The summed E-state index contributed by atoms with van der Waals surface area (Å²) in [6.07, 6.45) is 6.54. The first-order valence-corrected chi connectivity index (χ1v) is 9.34. The Morgan fingerprint density at radius 3 is 2.50 bits per heavy atom. The van der Waals surface area contributed by atoms with Crippen LogP contribution in [0.25, 0.3) is 0 Å². The minimum absolute atomic E-state index is 0.123. The molecule has 8 nitrogen and oxygen atoms in total. The van der Waals surface area contributed by atoms with E-state index in [9.17, 15) is 14.7 Å². The Morgan fingerprint density at radius 2 is 1.93 bits per heavy atom. The quantitative estimate of drug-likeness (QED) is 0.823. The number of aromatic nitrogens is 2. The van der Waals surface area contributed by atoms with Crippen molar-refractivity contribution < 1.29 is 19.4 Å². The normalized spacial score (nSPS) is 15.4. The van der Waals surface area contributed by atoms with Crippen LogP contribution in [0.4, 0.5) is 10.5 Å². The first-order valence-electron chi connectivity index (χ1n) is 9.34. The van der Waals surface area contributed by atoms with E-state index in [0.717, 1.165) is 55.3 Å². The Labute approximate surface area is 161 Å². The van der Waals surface area contributed by atoms with Gasteiger partial charge >= 0.3 is 12.1 Å². The summed E-state index contributed by atoms with van der Waals surface area (Å²) in [5.74, 6) is -1.26. The Hall–Kier alpha value is -3.34. The van der Waals surface area contributed by atoms with Crippen molar-refractivity contribution in [2.75, 3.05) is 5.32 Å². The van der Waals surface area contributed by atoms with E-state index in [1.54, 1.807) is 0 Å². The summed E-state index contributed by atoms with van der Waals surface area (Å²) >= 11 is 0. The standard InChI is InChI=1S/C20H20N4O4/c21-8-14-9-24(11-22-14)10-17(19(25)26)28-20(27)23-18-15-5-1-3-12(15)7-13-4-2-6-16(13)18/h7,9,11,17H,1-6,10H2,(H,23,27)(H,25,26)/t17-/m1/s1. The largest absolute Gasteiger partial charge is 0.478 e. The van der Waals surface area contributed by atoms with Crippen molar-refractivity contribution >= 4 is 17.7 Å². The number of fused-ring (bicyclic) bond motifs is 2. The van der Waals surface area contributed by atoms with Crippen molar-refractivity contribution in [3.8, 4) is 6.07 Å². The van der Waals surface area contributed by atoms with Crippen LogP contribution >= 0.6 is 0 Å². The predicted octanol–water partition coefficient (Wildman–Crippen LogP) is 2.43. The SMILES string of the molecule is N#Cc1cn(C[C@@H](OC(=O)Nc2c3c(cc4c2CCC4)CCC3)C(=O)O)cn1. The Morgan fingerprint density at radius 1 is 1.25 bits per heavy atom. The van der Waals surface area contributed by atoms with Crippen molar-refractivity contribution in [1.82, 2.24) is 9.55 Å². The fraction of sp³-hybridized carbons (Fsp3) is 0.400. The molecule has 0 aliphatic heterocycles. The lowest BCUT2D eigenvalue weighted by atomic mass is 9.99. The van der Waals surface area contributed by atoms with Gasteiger partial charge < -0.3 is 14.4 Å². The highest BCUT2D eigenvalue weighted by molar-refractivity contribution is 5.90. The van der Waals surface area contributed by atoms with Gasteiger partial charge in [-0.1, -0.05) is 6.07 Å². The maximum Gasteiger partial charge on any atom is 0.412 e. The van der Waals surface area contributed by atoms with Crippen LogP contribution in [0.15, 0.2) is 18.6 Å². The van der Waals surface area contributed by atoms with Gasteiger partial charge in [-0.15, -0.1) is 0 Å². The molecule has 0 bridgehead atoms. The molecule has 2 aromatic rings. The number of aliphatic carboxylic acids is 1. The molecule has 1 atom stereocenters. The number of hydrogen-bond acceptors (Lipinski definition) is 5. The maximum absolute atomic E-state index is 12.5. The molecule has 8 heteroatoms. The summed E-state index contributed by atoms with van der Waals surface area (Å²) in [5, 5.41) is 21.1. The molecular formula is C20H20N4O4. The number of benzene rings is 1. The van der Waals surface area contributed by atoms with Gasteiger partial charge in [-0.25, -0.2) is 14.6 Å². The number of rotatable bonds is 5. The molecule has 0 spiro atoms. The van der Waals surface area contributed by atoms with Crippen molar-refractivity contribution in [3.63, 3.8) is 0 Å². The monoisotopic (exact) mass is 380 g/mol. The highest BCUT2D eigenvalue weighted by atomic mass is 16.6. The van der Waals surface area contributed by atoms with E-state index in [1.165, 1.54) is 28.2 Å². The molecule has 0 fully saturated rings. The topological polar surface area (TPSA) is 117 Å². The lowest BCUT2D eigenvalue weighted by Gasteiger charge is -2.18. The smallest absolute Gasteiger partial charge is 0.412 e. The van der Waals surface area contributed by atoms with Crippen LogP contribution in [0, 0.1) is 11.3 Å². The highest BCUT2D eigenvalue weighted by Crippen LogP contribution is 2.38. The van der Waals surface area contributed by atoms with E-state index in [2.05, 4.69) is 16.4 Å². The molecular weight excluding hydrogens is 360 g/mol. The summed E-state index contributed by atoms with van der Waals surface area (Å²) in [4.78, 5) is 27.9. The fourth-order valence-electron chi connectivity index (χ4n) is 4.10. The molecule has 1 heterocycles. The van der Waals surface area contributed by atoms with Crippen molar-refractivity contribution in [1.29, 1.82) is 5.26 Å². The third kappa shape index (κ3) is 3.43. The van der Waals surface area contributed by atoms with Crippen molar-refractivity contribution in [3.05, 3.63) is 46.5 Å². The number of imidazole rings is 1. The van der Waals surface area contributed by atoms with Gasteiger partial charge in [0.15, 0.2) is 5.69 Å². The van der Waals surface area contributed by atoms with Gasteiger partial charge in [-0.05, 0) is 60.8 Å². The van der Waals surface area contributed by atoms with Crippen LogP contribution in [-0.4, -0.2) is 32.8 Å². The molecule has 1 aromatic heterocycles. The zero-order valence-corrected chi connectivity index (χ0v) is 15.3. The number of aryl methyl sites for hydroxylation is 2. The summed E-state index contributed by atoms with van der Waals surface area (Å²) in [6, 6.07) is 4.13. The van der Waals surface area contributed by atoms with E-state index in [-0.39, 0.29) is 12.2 Å². The zero-order chi connectivity index (χ0) is 19.7. The van der Waals surface area contributed by atoms with Gasteiger partial charge in [0.25, 0.3) is 0 Å². The second-order valence-electron chi connectivity index (χ2n) is 7.16. The Bertz CT molecular complexity index is 957. The molecule has 0 radical (unpaired) electrons. The van der Waals surface area contributed by atoms with Gasteiger partial charge in [-0.2, -0.15) is 5.26 Å². The number of ether oxygens (including phenoxy) is 1. The zero-order valence-electron chi connectivity index (χ0n) is 15.3. The van der Waals surface area contributed by atoms with Crippen LogP contribution in [-0.2, 0) is 41.8 Å². The second-order valence-corrected chi connectivity index (χ2v) is 7.16. The first-order chi connectivity index (χ1) is 13.5. The first kappa shape index (κ1) is 18.0. The molecule has 144 valence electrons. The number of amides is 1. The minimum atomic E-state index is -1.38. The number of carboxylic acids is 1. The van der Waals surface area contributed by atoms with Crippen LogP contribution in [0.5, 0.6) is 0 Å². The number of hydrogen-bond donors (Lipinski definition) is 2. The molecule has 2 N–H and O–H groups in total. The number of nitrogens with zero attached hydrogens (tertiary/aromatic N) is 3. The van der Waals surface area contributed by atoms with Gasteiger partial charge in [0.05, 0.1) is 18.6 Å². The second kappa shape index (κ2) is 7.35. The molecule has 2 aliphatic rings. The van der Waals surface area contributed by atoms with Gasteiger partial charge in [0, 0.05) is 6.20 Å². The third-order valence-electron chi connectivity index (χ3n) is 5.35. The number of nitrogens with one attached hydrogen (secondary N) is 1.